The summed E-state index contributed by atoms with van der Waals surface area (Å²) in [4.78, 5) is 47.0. The number of carbonyl (C=O) groups excluding carboxylic acids is 2. The summed E-state index contributed by atoms with van der Waals surface area (Å²) in [6.45, 7) is -0.351. The quantitative estimate of drug-likeness (QED) is 0.583. The van der Waals surface area contributed by atoms with Gasteiger partial charge < -0.3 is 10.6 Å². The zero-order chi connectivity index (χ0) is 18.4. The molecule has 2 aromatic rings. The lowest BCUT2D eigenvalue weighted by Gasteiger charge is -2.22. The van der Waals surface area contributed by atoms with Crippen LogP contribution in [0.4, 0.5) is 11.4 Å². The highest BCUT2D eigenvalue weighted by molar-refractivity contribution is 5.93. The molecular formula is C16H16N4O5. The number of para-hydroxylation sites is 1. The second-order valence-electron chi connectivity index (χ2n) is 5.21. The molecule has 1 aromatic heterocycles. The minimum atomic E-state index is -0.650. The molecule has 9 nitrogen and oxygen atoms in total. The summed E-state index contributed by atoms with van der Waals surface area (Å²) < 4.78 is 0.959. The number of carbonyl (C=O) groups is 2. The second kappa shape index (κ2) is 7.86. The normalized spacial score (nSPS) is 10.2. The number of nitrogens with two attached hydrogens (primary N) is 1. The van der Waals surface area contributed by atoms with Crippen LogP contribution in [0, 0.1) is 10.1 Å². The third-order valence-corrected chi connectivity index (χ3v) is 3.44. The number of hydrogen-bond acceptors (Lipinski definition) is 5. The molecule has 1 heterocycles. The SMILES string of the molecule is NC(=O)CCN(C(=O)Cn1cc([N+](=O)[O-])ccc1=O)c1ccccc1. The first-order valence-electron chi connectivity index (χ1n) is 7.37. The Kier molecular flexibility index (Phi) is 5.62. The molecule has 0 fully saturated rings. The van der Waals surface area contributed by atoms with Crippen molar-refractivity contribution in [2.75, 3.05) is 11.4 Å². The Morgan fingerprint density at radius 1 is 1.16 bits per heavy atom. The fourth-order valence-corrected chi connectivity index (χ4v) is 2.21. The van der Waals surface area contributed by atoms with E-state index in [-0.39, 0.29) is 18.7 Å². The number of amides is 2. The largest absolute Gasteiger partial charge is 0.370 e. The summed E-state index contributed by atoms with van der Waals surface area (Å²) in [5, 5.41) is 10.8. The molecule has 0 saturated heterocycles. The zero-order valence-corrected chi connectivity index (χ0v) is 13.2. The van der Waals surface area contributed by atoms with E-state index in [1.807, 2.05) is 0 Å². The Morgan fingerprint density at radius 3 is 2.44 bits per heavy atom. The van der Waals surface area contributed by atoms with Crippen molar-refractivity contribution in [3.63, 3.8) is 0 Å². The lowest BCUT2D eigenvalue weighted by molar-refractivity contribution is -0.385. The van der Waals surface area contributed by atoms with Gasteiger partial charge in [0.2, 0.25) is 11.8 Å². The van der Waals surface area contributed by atoms with Crippen molar-refractivity contribution in [1.82, 2.24) is 4.57 Å². The van der Waals surface area contributed by atoms with E-state index < -0.39 is 28.8 Å². The van der Waals surface area contributed by atoms with Gasteiger partial charge in [0.05, 0.1) is 11.1 Å². The number of anilines is 1. The highest BCUT2D eigenvalue weighted by Gasteiger charge is 2.18. The molecule has 25 heavy (non-hydrogen) atoms. The van der Waals surface area contributed by atoms with Gasteiger partial charge in [-0.15, -0.1) is 0 Å². The molecule has 0 saturated carbocycles. The maximum absolute atomic E-state index is 12.6. The lowest BCUT2D eigenvalue weighted by Crippen LogP contribution is -2.38. The average Bonchev–Trinajstić information content (AvgIpc) is 2.57. The molecule has 0 atom stereocenters. The molecule has 2 rings (SSSR count). The average molecular weight is 344 g/mol. The van der Waals surface area contributed by atoms with Crippen LogP contribution in [0.5, 0.6) is 0 Å². The third-order valence-electron chi connectivity index (χ3n) is 3.44. The van der Waals surface area contributed by atoms with E-state index in [1.165, 1.54) is 4.90 Å². The maximum atomic E-state index is 12.6. The van der Waals surface area contributed by atoms with Crippen molar-refractivity contribution in [2.45, 2.75) is 13.0 Å². The molecule has 0 radical (unpaired) electrons. The van der Waals surface area contributed by atoms with E-state index in [4.69, 9.17) is 5.73 Å². The summed E-state index contributed by atoms with van der Waals surface area (Å²) in [6, 6.07) is 10.7. The number of nitro groups is 1. The maximum Gasteiger partial charge on any atom is 0.285 e. The molecule has 2 N–H and O–H groups in total. The predicted molar refractivity (Wildman–Crippen MR) is 90.0 cm³/mol. The molecule has 0 aliphatic carbocycles. The summed E-state index contributed by atoms with van der Waals surface area (Å²) in [7, 11) is 0. The van der Waals surface area contributed by atoms with Crippen molar-refractivity contribution in [1.29, 1.82) is 0 Å². The topological polar surface area (TPSA) is 129 Å². The molecule has 2 amide bonds. The molecule has 0 aliphatic rings. The summed E-state index contributed by atoms with van der Waals surface area (Å²) >= 11 is 0. The molecule has 0 spiro atoms. The highest BCUT2D eigenvalue weighted by Crippen LogP contribution is 2.15. The van der Waals surface area contributed by atoms with Crippen molar-refractivity contribution in [3.8, 4) is 0 Å². The van der Waals surface area contributed by atoms with Crippen LogP contribution in [0.2, 0.25) is 0 Å². The van der Waals surface area contributed by atoms with E-state index in [9.17, 15) is 24.5 Å². The second-order valence-corrected chi connectivity index (χ2v) is 5.21. The zero-order valence-electron chi connectivity index (χ0n) is 13.2. The van der Waals surface area contributed by atoms with Gasteiger partial charge in [-0.1, -0.05) is 18.2 Å². The van der Waals surface area contributed by atoms with Gasteiger partial charge in [-0.05, 0) is 12.1 Å². The van der Waals surface area contributed by atoms with Crippen LogP contribution in [0.1, 0.15) is 6.42 Å². The molecular weight excluding hydrogens is 328 g/mol. The van der Waals surface area contributed by atoms with Crippen LogP contribution >= 0.6 is 0 Å². The number of pyridine rings is 1. The van der Waals surface area contributed by atoms with E-state index in [0.29, 0.717) is 5.69 Å². The first kappa shape index (κ1) is 17.9. The van der Waals surface area contributed by atoms with E-state index in [1.54, 1.807) is 30.3 Å². The van der Waals surface area contributed by atoms with Gasteiger partial charge in [0, 0.05) is 30.8 Å². The van der Waals surface area contributed by atoms with Crippen molar-refractivity contribution >= 4 is 23.2 Å². The Bertz CT molecular complexity index is 847. The van der Waals surface area contributed by atoms with Crippen LogP contribution in [-0.4, -0.2) is 27.8 Å². The van der Waals surface area contributed by atoms with Gasteiger partial charge in [0.1, 0.15) is 6.54 Å². The van der Waals surface area contributed by atoms with Crippen molar-refractivity contribution in [2.24, 2.45) is 5.73 Å². The summed E-state index contributed by atoms with van der Waals surface area (Å²) in [6.07, 6.45) is 0.960. The van der Waals surface area contributed by atoms with E-state index >= 15 is 0 Å². The van der Waals surface area contributed by atoms with Gasteiger partial charge in [-0.25, -0.2) is 0 Å². The van der Waals surface area contributed by atoms with Gasteiger partial charge in [-0.3, -0.25) is 29.1 Å². The molecule has 130 valence electrons. The van der Waals surface area contributed by atoms with Crippen molar-refractivity contribution in [3.05, 3.63) is 69.1 Å². The van der Waals surface area contributed by atoms with Gasteiger partial charge in [-0.2, -0.15) is 0 Å². The fraction of sp³-hybridized carbons (Fsp3) is 0.188. The highest BCUT2D eigenvalue weighted by atomic mass is 16.6. The minimum absolute atomic E-state index is 0.0435. The summed E-state index contributed by atoms with van der Waals surface area (Å²) in [5.74, 6) is -1.06. The van der Waals surface area contributed by atoms with Gasteiger partial charge in [0.15, 0.2) is 0 Å². The fourth-order valence-electron chi connectivity index (χ4n) is 2.21. The first-order valence-corrected chi connectivity index (χ1v) is 7.37. The van der Waals surface area contributed by atoms with Crippen molar-refractivity contribution < 1.29 is 14.5 Å². The monoisotopic (exact) mass is 344 g/mol. The number of nitrogens with zero attached hydrogens (tertiary/aromatic N) is 3. The van der Waals surface area contributed by atoms with Crippen LogP contribution in [0.3, 0.4) is 0 Å². The number of primary amides is 1. The minimum Gasteiger partial charge on any atom is -0.370 e. The Hall–Kier alpha value is -3.49. The van der Waals surface area contributed by atoms with Gasteiger partial charge >= 0.3 is 0 Å². The number of rotatable bonds is 7. The number of aromatic nitrogens is 1. The predicted octanol–water partition coefficient (Wildman–Crippen LogP) is 0.665. The number of hydrogen-bond donors (Lipinski definition) is 1. The van der Waals surface area contributed by atoms with Gasteiger partial charge in [0.25, 0.3) is 11.2 Å². The van der Waals surface area contributed by atoms with Crippen LogP contribution in [-0.2, 0) is 16.1 Å². The lowest BCUT2D eigenvalue weighted by atomic mass is 10.2. The smallest absolute Gasteiger partial charge is 0.285 e. The Morgan fingerprint density at radius 2 is 1.84 bits per heavy atom. The van der Waals surface area contributed by atoms with Crippen LogP contribution in [0.25, 0.3) is 0 Å². The molecule has 0 unspecified atom stereocenters. The molecule has 1 aromatic carbocycles. The molecule has 0 bridgehead atoms. The van der Waals surface area contributed by atoms with Crippen LogP contribution in [0.15, 0.2) is 53.5 Å². The summed E-state index contributed by atoms with van der Waals surface area (Å²) in [5.41, 5.74) is 4.84. The number of benzene rings is 1. The Balaban J connectivity index is 2.28. The van der Waals surface area contributed by atoms with Crippen LogP contribution < -0.4 is 16.2 Å². The first-order chi connectivity index (χ1) is 11.9. The van der Waals surface area contributed by atoms with E-state index in [2.05, 4.69) is 0 Å². The Labute approximate surface area is 142 Å². The van der Waals surface area contributed by atoms with E-state index in [0.717, 1.165) is 22.9 Å². The molecule has 0 aliphatic heterocycles. The third kappa shape index (κ3) is 4.74. The standard InChI is InChI=1S/C16H16N4O5/c17-14(21)8-9-19(12-4-2-1-3-5-12)16(23)11-18-10-13(20(24)25)6-7-15(18)22/h1-7,10H,8-9,11H2,(H2,17,21). The molecule has 9 heteroatoms.